The van der Waals surface area contributed by atoms with Crippen molar-refractivity contribution >= 4 is 5.97 Å². The second kappa shape index (κ2) is 5.87. The number of carbonyl (C=O) groups is 1. The van der Waals surface area contributed by atoms with Crippen molar-refractivity contribution in [1.29, 1.82) is 0 Å². The van der Waals surface area contributed by atoms with Gasteiger partial charge in [0.15, 0.2) is 0 Å². The quantitative estimate of drug-likeness (QED) is 0.817. The van der Waals surface area contributed by atoms with Gasteiger partial charge >= 0.3 is 5.97 Å². The summed E-state index contributed by atoms with van der Waals surface area (Å²) in [5.74, 6) is 0.319. The number of aliphatic hydroxyl groups excluding tert-OH is 1. The minimum atomic E-state index is -0.699. The van der Waals surface area contributed by atoms with Gasteiger partial charge in [-0.3, -0.25) is 4.79 Å². The molecule has 4 nitrogen and oxygen atoms in total. The molecule has 0 amide bonds. The van der Waals surface area contributed by atoms with Crippen molar-refractivity contribution in [2.45, 2.75) is 26.9 Å². The maximum absolute atomic E-state index is 11.5. The third kappa shape index (κ3) is 3.74. The number of methoxy groups -OCH3 is 1. The predicted molar refractivity (Wildman–Crippen MR) is 68.4 cm³/mol. The molecule has 1 N–H and O–H groups in total. The Kier molecular flexibility index (Phi) is 4.73. The van der Waals surface area contributed by atoms with Gasteiger partial charge in [-0.25, -0.2) is 0 Å². The summed E-state index contributed by atoms with van der Waals surface area (Å²) in [5.41, 5.74) is 0.0821. The number of benzene rings is 1. The van der Waals surface area contributed by atoms with E-state index in [4.69, 9.17) is 9.47 Å². The van der Waals surface area contributed by atoms with Crippen LogP contribution in [0.5, 0.6) is 5.75 Å². The van der Waals surface area contributed by atoms with Gasteiger partial charge in [-0.2, -0.15) is 0 Å². The highest BCUT2D eigenvalue weighted by Gasteiger charge is 2.29. The summed E-state index contributed by atoms with van der Waals surface area (Å²) in [6.07, 6.45) is -0.540. The van der Waals surface area contributed by atoms with E-state index in [0.29, 0.717) is 5.75 Å². The minimum absolute atomic E-state index is 0.225. The lowest BCUT2D eigenvalue weighted by Crippen LogP contribution is -2.32. The molecule has 0 spiro atoms. The molecule has 1 rings (SSSR count). The highest BCUT2D eigenvalue weighted by molar-refractivity contribution is 5.75. The number of ether oxygens (including phenoxy) is 2. The Morgan fingerprint density at radius 3 is 2.67 bits per heavy atom. The topological polar surface area (TPSA) is 55.8 Å². The van der Waals surface area contributed by atoms with Crippen LogP contribution in [0.2, 0.25) is 0 Å². The van der Waals surface area contributed by atoms with Crippen molar-refractivity contribution in [2.75, 3.05) is 13.7 Å². The standard InChI is InChI=1S/C14H20O4/c1-10(15)11-6-5-7-12(8-11)18-9-14(2,3)13(16)17-4/h5-8,10,15H,9H2,1-4H3/t10-/m1/s1. The van der Waals surface area contributed by atoms with Crippen LogP contribution in [0.3, 0.4) is 0 Å². The van der Waals surface area contributed by atoms with Crippen molar-refractivity contribution < 1.29 is 19.4 Å². The van der Waals surface area contributed by atoms with Crippen LogP contribution in [0.25, 0.3) is 0 Å². The Balaban J connectivity index is 2.69. The number of esters is 1. The molecule has 0 aliphatic carbocycles. The van der Waals surface area contributed by atoms with Crippen LogP contribution in [0, 0.1) is 5.41 Å². The Bertz CT molecular complexity index is 410. The number of rotatable bonds is 5. The smallest absolute Gasteiger partial charge is 0.314 e. The predicted octanol–water partition coefficient (Wildman–Crippen LogP) is 2.32. The number of carbonyl (C=O) groups excluding carboxylic acids is 1. The van der Waals surface area contributed by atoms with E-state index in [9.17, 15) is 9.90 Å². The van der Waals surface area contributed by atoms with Crippen LogP contribution in [0.1, 0.15) is 32.4 Å². The molecule has 1 aromatic rings. The molecule has 0 unspecified atom stereocenters. The van der Waals surface area contributed by atoms with Crippen LogP contribution in [0.4, 0.5) is 0 Å². The molecule has 1 atom stereocenters. The van der Waals surface area contributed by atoms with E-state index in [-0.39, 0.29) is 12.6 Å². The Morgan fingerprint density at radius 1 is 1.44 bits per heavy atom. The van der Waals surface area contributed by atoms with E-state index in [1.807, 2.05) is 12.1 Å². The van der Waals surface area contributed by atoms with Crippen LogP contribution >= 0.6 is 0 Å². The molecule has 0 aromatic heterocycles. The van der Waals surface area contributed by atoms with Gasteiger partial charge in [-0.1, -0.05) is 12.1 Å². The van der Waals surface area contributed by atoms with E-state index >= 15 is 0 Å². The largest absolute Gasteiger partial charge is 0.492 e. The number of aliphatic hydroxyl groups is 1. The fourth-order valence-corrected chi connectivity index (χ4v) is 1.46. The van der Waals surface area contributed by atoms with Gasteiger partial charge in [0.25, 0.3) is 0 Å². The monoisotopic (exact) mass is 252 g/mol. The summed E-state index contributed by atoms with van der Waals surface area (Å²) in [7, 11) is 1.36. The molecule has 1 aromatic carbocycles. The van der Waals surface area contributed by atoms with E-state index in [0.717, 1.165) is 5.56 Å². The summed E-state index contributed by atoms with van der Waals surface area (Å²) >= 11 is 0. The molecule has 0 radical (unpaired) electrons. The molecule has 0 saturated carbocycles. The van der Waals surface area contributed by atoms with Crippen LogP contribution in [0.15, 0.2) is 24.3 Å². The van der Waals surface area contributed by atoms with E-state index in [1.165, 1.54) is 7.11 Å². The van der Waals surface area contributed by atoms with Crippen LogP contribution < -0.4 is 4.74 Å². The maximum Gasteiger partial charge on any atom is 0.314 e. The van der Waals surface area contributed by atoms with Gasteiger partial charge in [0.05, 0.1) is 18.6 Å². The first-order valence-corrected chi connectivity index (χ1v) is 5.86. The maximum atomic E-state index is 11.5. The summed E-state index contributed by atoms with van der Waals surface area (Å²) in [6.45, 7) is 5.44. The van der Waals surface area contributed by atoms with E-state index in [2.05, 4.69) is 0 Å². The first kappa shape index (κ1) is 14.5. The van der Waals surface area contributed by atoms with Crippen molar-refractivity contribution in [2.24, 2.45) is 5.41 Å². The lowest BCUT2D eigenvalue weighted by molar-refractivity contribution is -0.152. The normalized spacial score (nSPS) is 12.9. The summed E-state index contributed by atoms with van der Waals surface area (Å²) < 4.78 is 10.3. The summed E-state index contributed by atoms with van der Waals surface area (Å²) in [4.78, 5) is 11.5. The van der Waals surface area contributed by atoms with Gasteiger partial charge in [-0.05, 0) is 38.5 Å². The zero-order valence-electron chi connectivity index (χ0n) is 11.3. The first-order chi connectivity index (χ1) is 8.36. The third-order valence-corrected chi connectivity index (χ3v) is 2.68. The van der Waals surface area contributed by atoms with E-state index < -0.39 is 11.5 Å². The zero-order chi connectivity index (χ0) is 13.8. The fourth-order valence-electron chi connectivity index (χ4n) is 1.46. The second-order valence-corrected chi connectivity index (χ2v) is 4.91. The lowest BCUT2D eigenvalue weighted by Gasteiger charge is -2.21. The molecule has 0 aliphatic heterocycles. The third-order valence-electron chi connectivity index (χ3n) is 2.68. The van der Waals surface area contributed by atoms with E-state index in [1.54, 1.807) is 32.9 Å². The van der Waals surface area contributed by atoms with Gasteiger partial charge in [0.1, 0.15) is 12.4 Å². The highest BCUT2D eigenvalue weighted by Crippen LogP contribution is 2.22. The molecular formula is C14H20O4. The van der Waals surface area contributed by atoms with Crippen molar-refractivity contribution in [3.8, 4) is 5.75 Å². The van der Waals surface area contributed by atoms with Gasteiger partial charge in [0.2, 0.25) is 0 Å². The van der Waals surface area contributed by atoms with Crippen molar-refractivity contribution in [1.82, 2.24) is 0 Å². The van der Waals surface area contributed by atoms with Crippen molar-refractivity contribution in [3.63, 3.8) is 0 Å². The van der Waals surface area contributed by atoms with Gasteiger partial charge in [-0.15, -0.1) is 0 Å². The van der Waals surface area contributed by atoms with Crippen LogP contribution in [-0.4, -0.2) is 24.8 Å². The Hall–Kier alpha value is -1.55. The Labute approximate surface area is 108 Å². The molecule has 0 fully saturated rings. The first-order valence-electron chi connectivity index (χ1n) is 5.86. The lowest BCUT2D eigenvalue weighted by atomic mass is 9.95. The molecule has 100 valence electrons. The average Bonchev–Trinajstić information content (AvgIpc) is 2.35. The summed E-state index contributed by atoms with van der Waals surface area (Å²) in [6, 6.07) is 7.18. The average molecular weight is 252 g/mol. The molecule has 0 aliphatic rings. The molecule has 0 bridgehead atoms. The Morgan fingerprint density at radius 2 is 2.11 bits per heavy atom. The van der Waals surface area contributed by atoms with Crippen molar-refractivity contribution in [3.05, 3.63) is 29.8 Å². The summed E-state index contributed by atoms with van der Waals surface area (Å²) in [5, 5.41) is 9.47. The molecule has 0 heterocycles. The number of hydrogen-bond donors (Lipinski definition) is 1. The molecular weight excluding hydrogens is 232 g/mol. The minimum Gasteiger partial charge on any atom is -0.492 e. The molecule has 4 heteroatoms. The van der Waals surface area contributed by atoms with Crippen LogP contribution in [-0.2, 0) is 9.53 Å². The van der Waals surface area contributed by atoms with Gasteiger partial charge in [0, 0.05) is 0 Å². The fraction of sp³-hybridized carbons (Fsp3) is 0.500. The van der Waals surface area contributed by atoms with Gasteiger partial charge < -0.3 is 14.6 Å². The SMILES string of the molecule is COC(=O)C(C)(C)COc1cccc([C@@H](C)O)c1. The number of hydrogen-bond acceptors (Lipinski definition) is 4. The second-order valence-electron chi connectivity index (χ2n) is 4.91. The highest BCUT2D eigenvalue weighted by atomic mass is 16.5. The molecule has 0 saturated heterocycles. The zero-order valence-corrected chi connectivity index (χ0v) is 11.3. The molecule has 18 heavy (non-hydrogen) atoms.